The van der Waals surface area contributed by atoms with Crippen molar-refractivity contribution in [3.05, 3.63) is 52.5 Å². The molecule has 28 heavy (non-hydrogen) atoms. The fourth-order valence-electron chi connectivity index (χ4n) is 3.76. The Bertz CT molecular complexity index is 1120. The predicted molar refractivity (Wildman–Crippen MR) is 109 cm³/mol. The van der Waals surface area contributed by atoms with Crippen LogP contribution < -0.4 is 4.72 Å². The number of aryl methyl sites for hydroxylation is 2. The lowest BCUT2D eigenvalue weighted by atomic mass is 10.1. The monoisotopic (exact) mass is 440 g/mol. The van der Waals surface area contributed by atoms with Crippen LogP contribution in [0.15, 0.2) is 46.2 Å². The van der Waals surface area contributed by atoms with Crippen LogP contribution in [0.3, 0.4) is 0 Å². The van der Waals surface area contributed by atoms with Crippen LogP contribution in [0.25, 0.3) is 0 Å². The molecule has 4 rings (SSSR count). The van der Waals surface area contributed by atoms with Gasteiger partial charge in [-0.2, -0.15) is 4.31 Å². The van der Waals surface area contributed by atoms with Gasteiger partial charge in [0.25, 0.3) is 10.0 Å². The van der Waals surface area contributed by atoms with Gasteiger partial charge in [-0.15, -0.1) is 0 Å². The minimum atomic E-state index is -3.83. The molecule has 1 aliphatic carbocycles. The van der Waals surface area contributed by atoms with Crippen molar-refractivity contribution in [2.45, 2.75) is 41.9 Å². The standard InChI is InChI=1S/C19H21ClN2O4S2/c20-18-9-7-16(13-19(18)28(25,26)22-10-1-2-11-22)21-27(23,24)17-8-6-14-4-3-5-15(14)12-17/h6-9,12-13,21H,1-5,10-11H2. The molecule has 9 heteroatoms. The molecule has 0 saturated carbocycles. The van der Waals surface area contributed by atoms with Gasteiger partial charge in [0.05, 0.1) is 15.6 Å². The van der Waals surface area contributed by atoms with Gasteiger partial charge in [0.1, 0.15) is 4.90 Å². The number of sulfonamides is 2. The molecule has 2 aliphatic rings. The second-order valence-corrected chi connectivity index (χ2v) is 11.1. The fraction of sp³-hybridized carbons (Fsp3) is 0.368. The van der Waals surface area contributed by atoms with E-state index < -0.39 is 20.0 Å². The van der Waals surface area contributed by atoms with Gasteiger partial charge in [0, 0.05) is 13.1 Å². The molecular weight excluding hydrogens is 420 g/mol. The summed E-state index contributed by atoms with van der Waals surface area (Å²) in [6.07, 6.45) is 4.49. The van der Waals surface area contributed by atoms with E-state index in [4.69, 9.17) is 11.6 Å². The molecule has 150 valence electrons. The molecular formula is C19H21ClN2O4S2. The molecule has 0 unspecified atom stereocenters. The summed E-state index contributed by atoms with van der Waals surface area (Å²) in [6, 6.07) is 9.30. The number of fused-ring (bicyclic) bond motifs is 1. The minimum absolute atomic E-state index is 0.0763. The first kappa shape index (κ1) is 19.7. The van der Waals surface area contributed by atoms with Gasteiger partial charge in [-0.3, -0.25) is 4.72 Å². The number of rotatable bonds is 5. The van der Waals surface area contributed by atoms with Crippen LogP contribution in [0.5, 0.6) is 0 Å². The lowest BCUT2D eigenvalue weighted by Crippen LogP contribution is -2.28. The van der Waals surface area contributed by atoms with Crippen molar-refractivity contribution in [2.24, 2.45) is 0 Å². The number of benzene rings is 2. The Morgan fingerprint density at radius 1 is 0.857 bits per heavy atom. The number of hydrogen-bond acceptors (Lipinski definition) is 4. The number of nitrogens with zero attached hydrogens (tertiary/aromatic N) is 1. The molecule has 2 aromatic carbocycles. The van der Waals surface area contributed by atoms with Crippen LogP contribution in [-0.2, 0) is 32.9 Å². The summed E-state index contributed by atoms with van der Waals surface area (Å²) < 4.78 is 55.1. The lowest BCUT2D eigenvalue weighted by Gasteiger charge is -2.17. The van der Waals surface area contributed by atoms with Crippen LogP contribution in [0.4, 0.5) is 5.69 Å². The predicted octanol–water partition coefficient (Wildman–Crippen LogP) is 3.41. The van der Waals surface area contributed by atoms with Crippen LogP contribution >= 0.6 is 11.6 Å². The zero-order valence-corrected chi connectivity index (χ0v) is 17.6. The van der Waals surface area contributed by atoms with Crippen molar-refractivity contribution in [3.8, 4) is 0 Å². The van der Waals surface area contributed by atoms with Crippen molar-refractivity contribution in [2.75, 3.05) is 17.8 Å². The van der Waals surface area contributed by atoms with Crippen LogP contribution in [0.2, 0.25) is 5.02 Å². The quantitative estimate of drug-likeness (QED) is 0.772. The molecule has 1 heterocycles. The maximum absolute atomic E-state index is 12.8. The van der Waals surface area contributed by atoms with E-state index in [9.17, 15) is 16.8 Å². The topological polar surface area (TPSA) is 83.5 Å². The van der Waals surface area contributed by atoms with Crippen molar-refractivity contribution in [1.29, 1.82) is 0 Å². The van der Waals surface area contributed by atoms with E-state index >= 15 is 0 Å². The molecule has 0 atom stereocenters. The van der Waals surface area contributed by atoms with E-state index in [1.54, 1.807) is 12.1 Å². The number of anilines is 1. The molecule has 0 bridgehead atoms. The zero-order valence-electron chi connectivity index (χ0n) is 15.2. The Kier molecular flexibility index (Phi) is 5.16. The molecule has 2 aromatic rings. The van der Waals surface area contributed by atoms with E-state index in [1.165, 1.54) is 28.1 Å². The highest BCUT2D eigenvalue weighted by Gasteiger charge is 2.29. The third-order valence-corrected chi connectivity index (χ3v) is 9.01. The van der Waals surface area contributed by atoms with Crippen molar-refractivity contribution >= 4 is 37.3 Å². The Labute approximate surface area is 170 Å². The Hall–Kier alpha value is -1.61. The van der Waals surface area contributed by atoms with Gasteiger partial charge in [-0.05, 0) is 73.6 Å². The number of halogens is 1. The van der Waals surface area contributed by atoms with E-state index in [0.29, 0.717) is 13.1 Å². The average molecular weight is 441 g/mol. The van der Waals surface area contributed by atoms with Gasteiger partial charge >= 0.3 is 0 Å². The van der Waals surface area contributed by atoms with Crippen LogP contribution in [0, 0.1) is 0 Å². The summed E-state index contributed by atoms with van der Waals surface area (Å²) in [4.78, 5) is 0.0947. The first-order valence-electron chi connectivity index (χ1n) is 9.22. The molecule has 6 nitrogen and oxygen atoms in total. The first-order chi connectivity index (χ1) is 13.3. The summed E-state index contributed by atoms with van der Waals surface area (Å²) in [7, 11) is -7.58. The largest absolute Gasteiger partial charge is 0.280 e. The molecule has 1 N–H and O–H groups in total. The molecule has 0 aromatic heterocycles. The number of nitrogens with one attached hydrogen (secondary N) is 1. The maximum atomic E-state index is 12.8. The van der Waals surface area contributed by atoms with Crippen molar-refractivity contribution in [1.82, 2.24) is 4.31 Å². The molecule has 1 fully saturated rings. The normalized spacial score (nSPS) is 17.6. The highest BCUT2D eigenvalue weighted by Crippen LogP contribution is 2.31. The van der Waals surface area contributed by atoms with Gasteiger partial charge < -0.3 is 0 Å². The summed E-state index contributed by atoms with van der Waals surface area (Å²) in [6.45, 7) is 0.896. The second-order valence-electron chi connectivity index (χ2n) is 7.15. The molecule has 0 amide bonds. The van der Waals surface area contributed by atoms with E-state index in [0.717, 1.165) is 37.7 Å². The number of hydrogen-bond donors (Lipinski definition) is 1. The second kappa shape index (κ2) is 7.33. The van der Waals surface area contributed by atoms with Crippen molar-refractivity contribution in [3.63, 3.8) is 0 Å². The lowest BCUT2D eigenvalue weighted by molar-refractivity contribution is 0.477. The summed E-state index contributed by atoms with van der Waals surface area (Å²) in [5, 5.41) is 0.0763. The third-order valence-electron chi connectivity index (χ3n) is 5.25. The Morgan fingerprint density at radius 3 is 2.32 bits per heavy atom. The highest BCUT2D eigenvalue weighted by atomic mass is 35.5. The molecule has 1 aliphatic heterocycles. The van der Waals surface area contributed by atoms with Gasteiger partial charge in [-0.25, -0.2) is 16.8 Å². The van der Waals surface area contributed by atoms with Crippen LogP contribution in [0.1, 0.15) is 30.4 Å². The van der Waals surface area contributed by atoms with Crippen molar-refractivity contribution < 1.29 is 16.8 Å². The summed E-state index contributed by atoms with van der Waals surface area (Å²) in [5.74, 6) is 0. The zero-order chi connectivity index (χ0) is 19.9. The minimum Gasteiger partial charge on any atom is -0.280 e. The van der Waals surface area contributed by atoms with Gasteiger partial charge in [0.2, 0.25) is 10.0 Å². The Balaban J connectivity index is 1.65. The van der Waals surface area contributed by atoms with Crippen LogP contribution in [-0.4, -0.2) is 34.2 Å². The average Bonchev–Trinajstić information content (AvgIpc) is 3.34. The smallest absolute Gasteiger partial charge is 0.261 e. The maximum Gasteiger partial charge on any atom is 0.261 e. The van der Waals surface area contributed by atoms with E-state index in [1.807, 2.05) is 6.07 Å². The van der Waals surface area contributed by atoms with Gasteiger partial charge in [0.15, 0.2) is 0 Å². The first-order valence-corrected chi connectivity index (χ1v) is 12.5. The fourth-order valence-corrected chi connectivity index (χ4v) is 6.88. The summed E-state index contributed by atoms with van der Waals surface area (Å²) in [5.41, 5.74) is 2.41. The third kappa shape index (κ3) is 3.66. The highest BCUT2D eigenvalue weighted by molar-refractivity contribution is 7.92. The molecule has 0 radical (unpaired) electrons. The van der Waals surface area contributed by atoms with Gasteiger partial charge in [-0.1, -0.05) is 17.7 Å². The van der Waals surface area contributed by atoms with E-state index in [-0.39, 0.29) is 20.5 Å². The molecule has 1 saturated heterocycles. The molecule has 0 spiro atoms. The Morgan fingerprint density at radius 2 is 1.57 bits per heavy atom. The summed E-state index contributed by atoms with van der Waals surface area (Å²) >= 11 is 6.13. The van der Waals surface area contributed by atoms with E-state index in [2.05, 4.69) is 4.72 Å². The SMILES string of the molecule is O=S(=O)(Nc1ccc(Cl)c(S(=O)(=O)N2CCCC2)c1)c1ccc2c(c1)CCC2.